The second kappa shape index (κ2) is 5.86. The molecule has 1 saturated carbocycles. The first-order valence-electron chi connectivity index (χ1n) is 8.08. The van der Waals surface area contributed by atoms with Crippen LogP contribution in [0.5, 0.6) is 5.75 Å². The minimum absolute atomic E-state index is 0.0313. The molecule has 1 fully saturated rings. The second-order valence-corrected chi connectivity index (χ2v) is 8.62. The van der Waals surface area contributed by atoms with Crippen LogP contribution in [0.4, 0.5) is 0 Å². The van der Waals surface area contributed by atoms with Gasteiger partial charge in [-0.2, -0.15) is 9.40 Å². The molecular formula is C16H20N4O3S. The standard InChI is InChI=1S/C16H20N4O3S/c1-19-16-10-20(24(21,22)14-4-5-14)9-12(15(16)8-18-19)11-23-13-3-2-6-17-7-13/h2-3,6-8,12,14H,4-5,9-11H2,1H3. The highest BCUT2D eigenvalue weighted by molar-refractivity contribution is 7.90. The van der Waals surface area contributed by atoms with Crippen LogP contribution in [0.2, 0.25) is 0 Å². The summed E-state index contributed by atoms with van der Waals surface area (Å²) in [5.41, 5.74) is 2.02. The molecule has 1 unspecified atom stereocenters. The number of rotatable bonds is 5. The van der Waals surface area contributed by atoms with Crippen LogP contribution in [0, 0.1) is 0 Å². The van der Waals surface area contributed by atoms with Gasteiger partial charge in [0.15, 0.2) is 0 Å². The Morgan fingerprint density at radius 1 is 1.33 bits per heavy atom. The van der Waals surface area contributed by atoms with Crippen molar-refractivity contribution >= 4 is 10.0 Å². The molecule has 1 atom stereocenters. The summed E-state index contributed by atoms with van der Waals surface area (Å²) in [4.78, 5) is 4.03. The van der Waals surface area contributed by atoms with Crippen molar-refractivity contribution in [2.75, 3.05) is 13.2 Å². The van der Waals surface area contributed by atoms with Crippen LogP contribution in [0.15, 0.2) is 30.7 Å². The number of nitrogens with zero attached hydrogens (tertiary/aromatic N) is 4. The summed E-state index contributed by atoms with van der Waals surface area (Å²) in [6.07, 6.45) is 6.72. The second-order valence-electron chi connectivity index (χ2n) is 6.40. The number of ether oxygens (including phenoxy) is 1. The summed E-state index contributed by atoms with van der Waals surface area (Å²) in [5, 5.41) is 4.11. The predicted molar refractivity (Wildman–Crippen MR) is 88.0 cm³/mol. The molecule has 8 heteroatoms. The first kappa shape index (κ1) is 15.6. The number of pyridine rings is 1. The lowest BCUT2D eigenvalue weighted by Gasteiger charge is -2.32. The smallest absolute Gasteiger partial charge is 0.217 e. The third-order valence-electron chi connectivity index (χ3n) is 4.67. The molecule has 0 radical (unpaired) electrons. The molecule has 7 nitrogen and oxygen atoms in total. The van der Waals surface area contributed by atoms with Crippen LogP contribution >= 0.6 is 0 Å². The fourth-order valence-electron chi connectivity index (χ4n) is 3.13. The van der Waals surface area contributed by atoms with Gasteiger partial charge in [0.1, 0.15) is 5.75 Å². The number of hydrogen-bond acceptors (Lipinski definition) is 5. The highest BCUT2D eigenvalue weighted by Gasteiger charge is 2.43. The zero-order valence-electron chi connectivity index (χ0n) is 13.5. The molecule has 0 N–H and O–H groups in total. The molecule has 0 bridgehead atoms. The van der Waals surface area contributed by atoms with Crippen molar-refractivity contribution in [1.82, 2.24) is 19.1 Å². The molecule has 0 saturated heterocycles. The van der Waals surface area contributed by atoms with Gasteiger partial charge in [0.05, 0.1) is 36.5 Å². The maximum Gasteiger partial charge on any atom is 0.217 e. The maximum atomic E-state index is 12.7. The van der Waals surface area contributed by atoms with E-state index in [0.29, 0.717) is 25.4 Å². The van der Waals surface area contributed by atoms with Crippen LogP contribution in [0.25, 0.3) is 0 Å². The third kappa shape index (κ3) is 2.80. The van der Waals surface area contributed by atoms with Gasteiger partial charge in [-0.3, -0.25) is 9.67 Å². The SMILES string of the molecule is Cn1ncc2c1CN(S(=O)(=O)C1CC1)CC2COc1cccnc1. The summed E-state index contributed by atoms with van der Waals surface area (Å²) < 4.78 is 34.5. The van der Waals surface area contributed by atoms with E-state index in [0.717, 1.165) is 24.1 Å². The van der Waals surface area contributed by atoms with Crippen LogP contribution in [-0.2, 0) is 23.6 Å². The fraction of sp³-hybridized carbons (Fsp3) is 0.500. The number of aromatic nitrogens is 3. The van der Waals surface area contributed by atoms with Gasteiger partial charge >= 0.3 is 0 Å². The van der Waals surface area contributed by atoms with Gasteiger partial charge in [-0.25, -0.2) is 8.42 Å². The number of fused-ring (bicyclic) bond motifs is 1. The van der Waals surface area contributed by atoms with E-state index in [-0.39, 0.29) is 11.2 Å². The Kier molecular flexibility index (Phi) is 3.80. The quantitative estimate of drug-likeness (QED) is 0.814. The molecule has 1 aliphatic carbocycles. The van der Waals surface area contributed by atoms with Crippen molar-refractivity contribution in [3.05, 3.63) is 42.0 Å². The number of sulfonamides is 1. The third-order valence-corrected chi connectivity index (χ3v) is 6.99. The predicted octanol–water partition coefficient (Wildman–Crippen LogP) is 1.29. The van der Waals surface area contributed by atoms with Gasteiger partial charge in [-0.15, -0.1) is 0 Å². The Labute approximate surface area is 141 Å². The Morgan fingerprint density at radius 3 is 2.88 bits per heavy atom. The van der Waals surface area contributed by atoms with Crippen molar-refractivity contribution in [2.24, 2.45) is 7.05 Å². The summed E-state index contributed by atoms with van der Waals surface area (Å²) in [6, 6.07) is 3.66. The lowest BCUT2D eigenvalue weighted by atomic mass is 9.97. The molecule has 24 heavy (non-hydrogen) atoms. The van der Waals surface area contributed by atoms with E-state index < -0.39 is 10.0 Å². The summed E-state index contributed by atoms with van der Waals surface area (Å²) in [5.74, 6) is 0.654. The Hall–Kier alpha value is -1.93. The van der Waals surface area contributed by atoms with Crippen molar-refractivity contribution < 1.29 is 13.2 Å². The van der Waals surface area contributed by atoms with Crippen molar-refractivity contribution in [3.8, 4) is 5.75 Å². The van der Waals surface area contributed by atoms with Gasteiger partial charge in [0.2, 0.25) is 10.0 Å². The van der Waals surface area contributed by atoms with E-state index in [9.17, 15) is 8.42 Å². The minimum Gasteiger partial charge on any atom is -0.491 e. The summed E-state index contributed by atoms with van der Waals surface area (Å²) in [7, 11) is -1.37. The zero-order chi connectivity index (χ0) is 16.7. The van der Waals surface area contributed by atoms with Crippen molar-refractivity contribution in [3.63, 3.8) is 0 Å². The molecule has 0 aromatic carbocycles. The molecule has 0 amide bonds. The number of hydrogen-bond donors (Lipinski definition) is 0. The van der Waals surface area contributed by atoms with E-state index in [1.54, 1.807) is 21.4 Å². The first-order chi connectivity index (χ1) is 11.6. The Bertz CT molecular complexity index is 830. The van der Waals surface area contributed by atoms with Crippen LogP contribution in [-0.4, -0.2) is 45.9 Å². The molecule has 2 aromatic rings. The lowest BCUT2D eigenvalue weighted by Crippen LogP contribution is -2.41. The van der Waals surface area contributed by atoms with E-state index in [2.05, 4.69) is 10.1 Å². The highest BCUT2D eigenvalue weighted by atomic mass is 32.2. The van der Waals surface area contributed by atoms with E-state index in [4.69, 9.17) is 4.74 Å². The molecular weight excluding hydrogens is 328 g/mol. The zero-order valence-corrected chi connectivity index (χ0v) is 14.3. The largest absolute Gasteiger partial charge is 0.491 e. The molecule has 0 spiro atoms. The highest BCUT2D eigenvalue weighted by Crippen LogP contribution is 2.36. The summed E-state index contributed by atoms with van der Waals surface area (Å²) >= 11 is 0. The van der Waals surface area contributed by atoms with E-state index >= 15 is 0 Å². The van der Waals surface area contributed by atoms with Gasteiger partial charge in [0, 0.05) is 31.3 Å². The van der Waals surface area contributed by atoms with Crippen LogP contribution in [0.1, 0.15) is 30.0 Å². The minimum atomic E-state index is -3.22. The summed E-state index contributed by atoms with van der Waals surface area (Å²) in [6.45, 7) is 1.24. The average molecular weight is 348 g/mol. The molecule has 3 heterocycles. The van der Waals surface area contributed by atoms with Crippen molar-refractivity contribution in [2.45, 2.75) is 30.6 Å². The normalized spacial score (nSPS) is 21.5. The van der Waals surface area contributed by atoms with Crippen molar-refractivity contribution in [1.29, 1.82) is 0 Å². The Morgan fingerprint density at radius 2 is 2.17 bits per heavy atom. The first-order valence-corrected chi connectivity index (χ1v) is 9.58. The maximum absolute atomic E-state index is 12.7. The van der Waals surface area contributed by atoms with Gasteiger partial charge in [0.25, 0.3) is 0 Å². The lowest BCUT2D eigenvalue weighted by molar-refractivity contribution is 0.244. The molecule has 2 aromatic heterocycles. The molecule has 2 aliphatic rings. The van der Waals surface area contributed by atoms with Gasteiger partial charge < -0.3 is 4.74 Å². The molecule has 1 aliphatic heterocycles. The molecule has 4 rings (SSSR count). The number of aryl methyl sites for hydroxylation is 1. The average Bonchev–Trinajstić information content (AvgIpc) is 3.39. The van der Waals surface area contributed by atoms with E-state index in [1.165, 1.54) is 0 Å². The van der Waals surface area contributed by atoms with Gasteiger partial charge in [-0.1, -0.05) is 0 Å². The van der Waals surface area contributed by atoms with Crippen LogP contribution < -0.4 is 4.74 Å². The topological polar surface area (TPSA) is 77.3 Å². The fourth-order valence-corrected chi connectivity index (χ4v) is 4.98. The Balaban J connectivity index is 1.58. The van der Waals surface area contributed by atoms with Crippen LogP contribution in [0.3, 0.4) is 0 Å². The van der Waals surface area contributed by atoms with E-state index in [1.807, 2.05) is 25.4 Å². The van der Waals surface area contributed by atoms with Gasteiger partial charge in [-0.05, 0) is 25.0 Å². The monoisotopic (exact) mass is 348 g/mol. The molecule has 128 valence electrons.